The van der Waals surface area contributed by atoms with Gasteiger partial charge >= 0.3 is 12.3 Å². The van der Waals surface area contributed by atoms with Crippen molar-refractivity contribution in [2.24, 2.45) is 5.92 Å². The van der Waals surface area contributed by atoms with Crippen LogP contribution in [0.4, 0.5) is 13.2 Å². The average molecular weight is 423 g/mol. The van der Waals surface area contributed by atoms with Gasteiger partial charge in [-0.25, -0.2) is 10.9 Å². The number of nitrogens with zero attached hydrogens (tertiary/aromatic N) is 1. The number of carbonyl (C=O) groups is 2. The Kier molecular flexibility index (Phi) is 7.32. The molecular weight excluding hydrogens is 395 g/mol. The molecule has 0 aromatic heterocycles. The molecule has 2 aliphatic heterocycles. The van der Waals surface area contributed by atoms with Crippen molar-refractivity contribution in [1.29, 1.82) is 0 Å². The summed E-state index contributed by atoms with van der Waals surface area (Å²) >= 11 is 0. The SMILES string of the molecule is COC(=O)C1CC(OC(F)(F)F)CCC1NC(=O)C1CCC(N2CCNC2)NN1. The van der Waals surface area contributed by atoms with Crippen molar-refractivity contribution in [1.82, 2.24) is 26.4 Å². The van der Waals surface area contributed by atoms with Crippen LogP contribution in [0.25, 0.3) is 0 Å². The molecule has 2 saturated heterocycles. The topological polar surface area (TPSA) is 104 Å². The molecule has 0 aromatic carbocycles. The first-order valence-electron chi connectivity index (χ1n) is 9.85. The van der Waals surface area contributed by atoms with E-state index in [9.17, 15) is 22.8 Å². The Morgan fingerprint density at radius 3 is 2.52 bits per heavy atom. The van der Waals surface area contributed by atoms with E-state index in [1.165, 1.54) is 7.11 Å². The highest BCUT2D eigenvalue weighted by Gasteiger charge is 2.42. The molecule has 1 aliphatic carbocycles. The highest BCUT2D eigenvalue weighted by atomic mass is 19.4. The summed E-state index contributed by atoms with van der Waals surface area (Å²) in [4.78, 5) is 27.0. The summed E-state index contributed by atoms with van der Waals surface area (Å²) in [7, 11) is 1.18. The molecule has 4 N–H and O–H groups in total. The quantitative estimate of drug-likeness (QED) is 0.451. The van der Waals surface area contributed by atoms with E-state index in [1.807, 2.05) is 0 Å². The summed E-state index contributed by atoms with van der Waals surface area (Å²) in [6, 6.07) is -1.07. The van der Waals surface area contributed by atoms with Crippen molar-refractivity contribution in [3.63, 3.8) is 0 Å². The molecule has 0 bridgehead atoms. The van der Waals surface area contributed by atoms with Gasteiger partial charge in [-0.3, -0.25) is 19.2 Å². The molecule has 166 valence electrons. The van der Waals surface area contributed by atoms with Gasteiger partial charge in [0.1, 0.15) is 6.04 Å². The van der Waals surface area contributed by atoms with Gasteiger partial charge in [-0.1, -0.05) is 0 Å². The maximum Gasteiger partial charge on any atom is 0.522 e. The van der Waals surface area contributed by atoms with Gasteiger partial charge in [0.25, 0.3) is 0 Å². The van der Waals surface area contributed by atoms with Gasteiger partial charge in [-0.15, -0.1) is 13.2 Å². The number of carbonyl (C=O) groups excluding carboxylic acids is 2. The highest BCUT2D eigenvalue weighted by molar-refractivity contribution is 5.83. The fraction of sp³-hybridized carbons (Fsp3) is 0.882. The van der Waals surface area contributed by atoms with Crippen LogP contribution in [0.15, 0.2) is 0 Å². The minimum atomic E-state index is -4.76. The molecule has 2 heterocycles. The Hall–Kier alpha value is -1.47. The lowest BCUT2D eigenvalue weighted by Gasteiger charge is -2.38. The number of alkyl halides is 3. The minimum absolute atomic E-state index is 0.0956. The Bertz CT molecular complexity index is 580. The van der Waals surface area contributed by atoms with E-state index in [2.05, 4.69) is 31.1 Å². The summed E-state index contributed by atoms with van der Waals surface area (Å²) in [5.41, 5.74) is 6.16. The van der Waals surface area contributed by atoms with Crippen molar-refractivity contribution >= 4 is 11.9 Å². The minimum Gasteiger partial charge on any atom is -0.469 e. The number of halogens is 3. The first-order valence-corrected chi connectivity index (χ1v) is 9.85. The monoisotopic (exact) mass is 423 g/mol. The zero-order chi connectivity index (χ0) is 21.0. The number of hydrogen-bond acceptors (Lipinski definition) is 8. The first kappa shape index (κ1) is 22.2. The molecule has 1 amide bonds. The van der Waals surface area contributed by atoms with Gasteiger partial charge in [-0.05, 0) is 32.1 Å². The van der Waals surface area contributed by atoms with Crippen LogP contribution in [-0.2, 0) is 19.1 Å². The predicted molar refractivity (Wildman–Crippen MR) is 94.9 cm³/mol. The van der Waals surface area contributed by atoms with E-state index in [-0.39, 0.29) is 31.3 Å². The second-order valence-corrected chi connectivity index (χ2v) is 7.65. The number of ether oxygens (including phenoxy) is 2. The molecule has 5 unspecified atom stereocenters. The lowest BCUT2D eigenvalue weighted by atomic mass is 9.82. The summed E-state index contributed by atoms with van der Waals surface area (Å²) in [6.45, 7) is 2.65. The standard InChI is InChI=1S/C17H28F3N5O4/c1-28-16(27)11-8-10(29-17(18,19)20)2-3-12(11)22-15(26)13-4-5-14(24-23-13)25-7-6-21-9-25/h10-14,21,23-24H,2-9H2,1H3,(H,22,26). The maximum atomic E-state index is 12.7. The molecule has 29 heavy (non-hydrogen) atoms. The highest BCUT2D eigenvalue weighted by Crippen LogP contribution is 2.32. The van der Waals surface area contributed by atoms with Crippen molar-refractivity contribution in [3.05, 3.63) is 0 Å². The Morgan fingerprint density at radius 1 is 1.14 bits per heavy atom. The number of amides is 1. The van der Waals surface area contributed by atoms with Crippen LogP contribution in [0.5, 0.6) is 0 Å². The Labute approximate surface area is 167 Å². The smallest absolute Gasteiger partial charge is 0.469 e. The van der Waals surface area contributed by atoms with E-state index < -0.39 is 36.4 Å². The summed E-state index contributed by atoms with van der Waals surface area (Å²) in [5, 5.41) is 6.07. The van der Waals surface area contributed by atoms with Crippen LogP contribution in [0.2, 0.25) is 0 Å². The number of rotatable bonds is 5. The second kappa shape index (κ2) is 9.56. The summed E-state index contributed by atoms with van der Waals surface area (Å²) < 4.78 is 46.4. The van der Waals surface area contributed by atoms with Crippen molar-refractivity contribution < 1.29 is 32.2 Å². The van der Waals surface area contributed by atoms with Gasteiger partial charge in [-0.2, -0.15) is 0 Å². The molecule has 0 aromatic rings. The predicted octanol–water partition coefficient (Wildman–Crippen LogP) is -0.205. The lowest BCUT2D eigenvalue weighted by molar-refractivity contribution is -0.346. The molecule has 3 fully saturated rings. The van der Waals surface area contributed by atoms with Gasteiger partial charge in [0, 0.05) is 25.8 Å². The maximum absolute atomic E-state index is 12.7. The fourth-order valence-electron chi connectivity index (χ4n) is 4.22. The third-order valence-electron chi connectivity index (χ3n) is 5.73. The summed E-state index contributed by atoms with van der Waals surface area (Å²) in [6.07, 6.45) is -4.23. The lowest BCUT2D eigenvalue weighted by Crippen LogP contribution is -2.62. The van der Waals surface area contributed by atoms with E-state index in [0.29, 0.717) is 6.42 Å². The van der Waals surface area contributed by atoms with E-state index in [0.717, 1.165) is 26.2 Å². The third-order valence-corrected chi connectivity index (χ3v) is 5.73. The number of methoxy groups -OCH3 is 1. The molecule has 0 radical (unpaired) electrons. The third kappa shape index (κ3) is 6.01. The molecule has 1 saturated carbocycles. The van der Waals surface area contributed by atoms with Gasteiger partial charge in [0.05, 0.1) is 25.3 Å². The molecule has 3 aliphatic rings. The van der Waals surface area contributed by atoms with E-state index >= 15 is 0 Å². The Morgan fingerprint density at radius 2 is 1.93 bits per heavy atom. The number of hydrazine groups is 1. The van der Waals surface area contributed by atoms with Gasteiger partial charge in [0.15, 0.2) is 0 Å². The molecule has 5 atom stereocenters. The number of esters is 1. The number of hydrogen-bond donors (Lipinski definition) is 4. The molecule has 0 spiro atoms. The van der Waals surface area contributed by atoms with Crippen LogP contribution in [0, 0.1) is 5.92 Å². The fourth-order valence-corrected chi connectivity index (χ4v) is 4.22. The van der Waals surface area contributed by atoms with Crippen molar-refractivity contribution in [2.75, 3.05) is 26.9 Å². The van der Waals surface area contributed by atoms with Crippen LogP contribution in [-0.4, -0.2) is 74.4 Å². The van der Waals surface area contributed by atoms with Gasteiger partial charge in [0.2, 0.25) is 5.91 Å². The van der Waals surface area contributed by atoms with E-state index in [1.54, 1.807) is 0 Å². The van der Waals surface area contributed by atoms with Crippen molar-refractivity contribution in [3.8, 4) is 0 Å². The normalized spacial score (nSPS) is 34.0. The van der Waals surface area contributed by atoms with Crippen molar-refractivity contribution in [2.45, 2.75) is 62.8 Å². The van der Waals surface area contributed by atoms with Crippen LogP contribution < -0.4 is 21.5 Å². The zero-order valence-electron chi connectivity index (χ0n) is 16.3. The van der Waals surface area contributed by atoms with Crippen LogP contribution in [0.1, 0.15) is 32.1 Å². The molecule has 3 rings (SSSR count). The zero-order valence-corrected chi connectivity index (χ0v) is 16.3. The summed E-state index contributed by atoms with van der Waals surface area (Å²) in [5.74, 6) is -1.82. The van der Waals surface area contributed by atoms with Crippen LogP contribution in [0.3, 0.4) is 0 Å². The largest absolute Gasteiger partial charge is 0.522 e. The first-order chi connectivity index (χ1) is 13.8. The molecular formula is C17H28F3N5O4. The van der Waals surface area contributed by atoms with Crippen LogP contribution >= 0.6 is 0 Å². The average Bonchev–Trinajstić information content (AvgIpc) is 3.22. The second-order valence-electron chi connectivity index (χ2n) is 7.65. The molecule has 12 heteroatoms. The number of nitrogens with one attached hydrogen (secondary N) is 4. The molecule has 9 nitrogen and oxygen atoms in total. The van der Waals surface area contributed by atoms with Gasteiger partial charge < -0.3 is 15.4 Å². The van der Waals surface area contributed by atoms with E-state index in [4.69, 9.17) is 4.74 Å². The Balaban J connectivity index is 1.52.